The molecular weight excluding hydrogens is 296 g/mol. The maximum atomic E-state index is 9.84. The number of phenolic OH excluding ortho intramolecular Hbond substituents is 1. The minimum Gasteiger partial charge on any atom is -0.508 e. The van der Waals surface area contributed by atoms with Crippen LogP contribution in [0.1, 0.15) is 22.3 Å². The number of hydrogen-bond donors (Lipinski definition) is 1. The Morgan fingerprint density at radius 2 is 1.62 bits per heavy atom. The Morgan fingerprint density at radius 1 is 0.833 bits per heavy atom. The van der Waals surface area contributed by atoms with Gasteiger partial charge in [0.15, 0.2) is 0 Å². The van der Waals surface area contributed by atoms with E-state index in [4.69, 9.17) is 4.74 Å². The largest absolute Gasteiger partial charge is 0.508 e. The average molecular weight is 314 g/mol. The fourth-order valence-electron chi connectivity index (χ4n) is 3.31. The summed E-state index contributed by atoms with van der Waals surface area (Å²) < 4.78 is 6.03. The molecule has 0 unspecified atom stereocenters. The minimum absolute atomic E-state index is 0.197. The molecule has 2 nitrogen and oxygen atoms in total. The molecule has 0 aliphatic carbocycles. The van der Waals surface area contributed by atoms with Gasteiger partial charge in [0, 0.05) is 22.4 Å². The normalized spacial score (nSPS) is 12.3. The third-order valence-electron chi connectivity index (χ3n) is 4.42. The Hall–Kier alpha value is -3.00. The molecule has 0 aromatic heterocycles. The summed E-state index contributed by atoms with van der Waals surface area (Å²) >= 11 is 0. The van der Waals surface area contributed by atoms with Crippen molar-refractivity contribution in [2.24, 2.45) is 0 Å². The fourth-order valence-corrected chi connectivity index (χ4v) is 3.31. The van der Waals surface area contributed by atoms with Crippen LogP contribution in [-0.4, -0.2) is 5.11 Å². The number of benzene rings is 3. The molecule has 1 aliphatic heterocycles. The van der Waals surface area contributed by atoms with Crippen molar-refractivity contribution in [1.82, 2.24) is 0 Å². The summed E-state index contributed by atoms with van der Waals surface area (Å²) in [6, 6.07) is 17.7. The van der Waals surface area contributed by atoms with E-state index in [0.717, 1.165) is 27.3 Å². The zero-order valence-electron chi connectivity index (χ0n) is 13.8. The van der Waals surface area contributed by atoms with Crippen molar-refractivity contribution < 1.29 is 9.84 Å². The zero-order valence-corrected chi connectivity index (χ0v) is 13.8. The van der Waals surface area contributed by atoms with E-state index in [0.29, 0.717) is 5.75 Å². The van der Waals surface area contributed by atoms with Gasteiger partial charge in [-0.15, -0.1) is 0 Å². The van der Waals surface area contributed by atoms with Gasteiger partial charge in [0.2, 0.25) is 0 Å². The van der Waals surface area contributed by atoms with Crippen LogP contribution in [0, 0.1) is 13.8 Å². The Balaban J connectivity index is 2.14. The van der Waals surface area contributed by atoms with Gasteiger partial charge in [-0.25, -0.2) is 0 Å². The highest BCUT2D eigenvalue weighted by Gasteiger charge is 2.21. The second-order valence-electron chi connectivity index (χ2n) is 6.31. The fraction of sp³-hybridized carbons (Fsp3) is 0.0909. The lowest BCUT2D eigenvalue weighted by molar-refractivity contribution is 0.450. The van der Waals surface area contributed by atoms with Gasteiger partial charge < -0.3 is 9.84 Å². The molecule has 24 heavy (non-hydrogen) atoms. The lowest BCUT2D eigenvalue weighted by atomic mass is 9.89. The number of aryl methyl sites for hydroxylation is 2. The van der Waals surface area contributed by atoms with Gasteiger partial charge in [-0.3, -0.25) is 0 Å². The van der Waals surface area contributed by atoms with Crippen molar-refractivity contribution >= 4 is 12.2 Å². The van der Waals surface area contributed by atoms with Crippen molar-refractivity contribution in [2.45, 2.75) is 13.8 Å². The van der Waals surface area contributed by atoms with Crippen LogP contribution in [-0.2, 0) is 0 Å². The Bertz CT molecular complexity index is 1080. The van der Waals surface area contributed by atoms with Gasteiger partial charge in [0.1, 0.15) is 17.2 Å². The molecule has 2 heteroatoms. The summed E-state index contributed by atoms with van der Waals surface area (Å²) in [5.41, 5.74) is 5.75. The molecule has 0 bridgehead atoms. The van der Waals surface area contributed by atoms with Gasteiger partial charge in [-0.2, -0.15) is 0 Å². The maximum absolute atomic E-state index is 9.84. The molecule has 0 saturated carbocycles. The van der Waals surface area contributed by atoms with E-state index in [1.54, 1.807) is 12.1 Å². The highest BCUT2D eigenvalue weighted by molar-refractivity contribution is 5.86. The van der Waals surface area contributed by atoms with E-state index in [-0.39, 0.29) is 5.75 Å². The first-order chi connectivity index (χ1) is 11.5. The van der Waals surface area contributed by atoms with Gasteiger partial charge in [0.25, 0.3) is 0 Å². The number of hydrogen-bond acceptors (Lipinski definition) is 2. The molecule has 118 valence electrons. The van der Waals surface area contributed by atoms with Crippen LogP contribution in [0.15, 0.2) is 54.6 Å². The Kier molecular flexibility index (Phi) is 3.20. The summed E-state index contributed by atoms with van der Waals surface area (Å²) in [4.78, 5) is 0. The molecular formula is C22H18O2. The van der Waals surface area contributed by atoms with Crippen LogP contribution in [0.25, 0.3) is 12.2 Å². The van der Waals surface area contributed by atoms with E-state index < -0.39 is 0 Å². The topological polar surface area (TPSA) is 29.5 Å². The predicted octanol–water partition coefficient (Wildman–Crippen LogP) is 3.77. The Labute approximate surface area is 141 Å². The second-order valence-corrected chi connectivity index (χ2v) is 6.31. The molecule has 0 atom stereocenters. The van der Waals surface area contributed by atoms with Crippen molar-refractivity contribution in [3.05, 3.63) is 87.3 Å². The summed E-state index contributed by atoms with van der Waals surface area (Å²) in [6.07, 6.45) is 0. The standard InChI is InChI=1S/C22H18O2/c1-13-4-7-17(15(3)10-13)22-18-8-5-14(2)11-20(18)24-21-12-16(23)6-9-19(21)22/h4-12,23H,2H2,1,3H3. The predicted molar refractivity (Wildman–Crippen MR) is 96.9 cm³/mol. The molecule has 3 aromatic rings. The first-order valence-corrected chi connectivity index (χ1v) is 7.95. The maximum Gasteiger partial charge on any atom is 0.139 e. The van der Waals surface area contributed by atoms with E-state index in [1.807, 2.05) is 18.2 Å². The molecule has 1 heterocycles. The van der Waals surface area contributed by atoms with Crippen LogP contribution < -0.4 is 15.2 Å². The van der Waals surface area contributed by atoms with Crippen LogP contribution in [0.3, 0.4) is 0 Å². The van der Waals surface area contributed by atoms with E-state index in [1.165, 1.54) is 16.7 Å². The van der Waals surface area contributed by atoms with Crippen molar-refractivity contribution in [2.75, 3.05) is 0 Å². The number of rotatable bonds is 1. The number of fused-ring (bicyclic) bond motifs is 2. The van der Waals surface area contributed by atoms with Crippen LogP contribution >= 0.6 is 0 Å². The molecule has 0 spiro atoms. The van der Waals surface area contributed by atoms with E-state index >= 15 is 0 Å². The molecule has 0 fully saturated rings. The number of aromatic hydroxyl groups is 1. The van der Waals surface area contributed by atoms with Gasteiger partial charge in [-0.05, 0) is 48.4 Å². The quantitative estimate of drug-likeness (QED) is 0.579. The van der Waals surface area contributed by atoms with Crippen molar-refractivity contribution in [1.29, 1.82) is 0 Å². The lowest BCUT2D eigenvalue weighted by Crippen LogP contribution is -2.19. The van der Waals surface area contributed by atoms with Crippen molar-refractivity contribution in [3.63, 3.8) is 0 Å². The molecule has 4 rings (SSSR count). The van der Waals surface area contributed by atoms with Crippen molar-refractivity contribution in [3.8, 4) is 17.2 Å². The average Bonchev–Trinajstić information content (AvgIpc) is 2.53. The molecule has 1 N–H and O–H groups in total. The number of phenols is 1. The van der Waals surface area contributed by atoms with E-state index in [9.17, 15) is 5.11 Å². The molecule has 1 aliphatic rings. The van der Waals surface area contributed by atoms with Gasteiger partial charge in [-0.1, -0.05) is 42.5 Å². The molecule has 0 radical (unpaired) electrons. The summed E-state index contributed by atoms with van der Waals surface area (Å²) in [7, 11) is 0. The van der Waals surface area contributed by atoms with Gasteiger partial charge in [0.05, 0.1) is 0 Å². The van der Waals surface area contributed by atoms with Crippen LogP contribution in [0.4, 0.5) is 0 Å². The first-order valence-electron chi connectivity index (χ1n) is 7.95. The molecule has 3 aromatic carbocycles. The number of ether oxygens (including phenoxy) is 1. The minimum atomic E-state index is 0.197. The SMILES string of the molecule is C=c1ccc2c(c1)Oc1cc(O)ccc1C=2c1ccc(C)cc1C. The first kappa shape index (κ1) is 14.6. The third kappa shape index (κ3) is 2.28. The van der Waals surface area contributed by atoms with Crippen LogP contribution in [0.2, 0.25) is 0 Å². The van der Waals surface area contributed by atoms with E-state index in [2.05, 4.69) is 44.7 Å². The second kappa shape index (κ2) is 5.27. The monoisotopic (exact) mass is 314 g/mol. The van der Waals surface area contributed by atoms with Gasteiger partial charge >= 0.3 is 0 Å². The smallest absolute Gasteiger partial charge is 0.139 e. The third-order valence-corrected chi connectivity index (χ3v) is 4.42. The summed E-state index contributed by atoms with van der Waals surface area (Å²) in [5.74, 6) is 1.64. The molecule has 0 amide bonds. The Morgan fingerprint density at radius 3 is 2.42 bits per heavy atom. The summed E-state index contributed by atoms with van der Waals surface area (Å²) in [6.45, 7) is 8.21. The lowest BCUT2D eigenvalue weighted by Gasteiger charge is -2.22. The highest BCUT2D eigenvalue weighted by atomic mass is 16.5. The zero-order chi connectivity index (χ0) is 16.8. The summed E-state index contributed by atoms with van der Waals surface area (Å²) in [5, 5.41) is 11.8. The van der Waals surface area contributed by atoms with Crippen LogP contribution in [0.5, 0.6) is 17.2 Å². The molecule has 0 saturated heterocycles. The highest BCUT2D eigenvalue weighted by Crippen LogP contribution is 2.38.